The average molecular weight is 455 g/mol. The number of hydrogen-bond donors (Lipinski definition) is 1. The number of benzene rings is 2. The van der Waals surface area contributed by atoms with Crippen LogP contribution in [-0.2, 0) is 33.8 Å². The van der Waals surface area contributed by atoms with Gasteiger partial charge in [-0.2, -0.15) is 0 Å². The van der Waals surface area contributed by atoms with E-state index in [9.17, 15) is 19.2 Å². The number of carbonyl (C=O) groups excluding carboxylic acids is 4. The normalized spacial score (nSPS) is 17.9. The molecular formula is C24H23ClN2O5. The van der Waals surface area contributed by atoms with Gasteiger partial charge < -0.3 is 9.64 Å². The van der Waals surface area contributed by atoms with Gasteiger partial charge in [0.15, 0.2) is 0 Å². The van der Waals surface area contributed by atoms with E-state index in [0.29, 0.717) is 42.1 Å². The van der Waals surface area contributed by atoms with Crippen LogP contribution in [0, 0.1) is 0 Å². The number of nitrogens with zero attached hydrogens (tertiary/aromatic N) is 1. The zero-order valence-corrected chi connectivity index (χ0v) is 18.4. The van der Waals surface area contributed by atoms with Crippen LogP contribution in [0.3, 0.4) is 0 Å². The van der Waals surface area contributed by atoms with Crippen LogP contribution in [0.4, 0.5) is 0 Å². The Balaban J connectivity index is 1.39. The summed E-state index contributed by atoms with van der Waals surface area (Å²) in [6.45, 7) is 0.321. The molecule has 1 saturated heterocycles. The molecule has 1 atom stereocenters. The van der Waals surface area contributed by atoms with E-state index in [0.717, 1.165) is 16.7 Å². The molecule has 7 nitrogen and oxygen atoms in total. The molecule has 2 aliphatic rings. The molecule has 2 aliphatic heterocycles. The summed E-state index contributed by atoms with van der Waals surface area (Å²) in [4.78, 5) is 50.4. The van der Waals surface area contributed by atoms with Gasteiger partial charge in [0, 0.05) is 42.0 Å². The predicted octanol–water partition coefficient (Wildman–Crippen LogP) is 2.85. The Bertz CT molecular complexity index is 1110. The largest absolute Gasteiger partial charge is 0.496 e. The highest BCUT2D eigenvalue weighted by atomic mass is 35.5. The second-order valence-electron chi connectivity index (χ2n) is 8.06. The van der Waals surface area contributed by atoms with Crippen LogP contribution < -0.4 is 10.1 Å². The smallest absolute Gasteiger partial charge is 0.255 e. The van der Waals surface area contributed by atoms with E-state index in [2.05, 4.69) is 5.32 Å². The minimum atomic E-state index is -0.634. The number of methoxy groups -OCH3 is 1. The number of carbonyl (C=O) groups is 4. The van der Waals surface area contributed by atoms with E-state index in [4.69, 9.17) is 16.3 Å². The SMILES string of the molecule is COc1ccc(Cl)cc1CC(=O)CCc1ccc2c(c1)CN(C1CCC(=O)NC1=O)C2=O. The lowest BCUT2D eigenvalue weighted by Crippen LogP contribution is -2.52. The van der Waals surface area contributed by atoms with Gasteiger partial charge in [-0.25, -0.2) is 0 Å². The number of piperidine rings is 1. The number of hydrogen-bond acceptors (Lipinski definition) is 5. The zero-order valence-electron chi connectivity index (χ0n) is 17.7. The lowest BCUT2D eigenvalue weighted by Gasteiger charge is -2.29. The predicted molar refractivity (Wildman–Crippen MR) is 118 cm³/mol. The summed E-state index contributed by atoms with van der Waals surface area (Å²) in [5, 5.41) is 2.86. The summed E-state index contributed by atoms with van der Waals surface area (Å²) < 4.78 is 5.30. The van der Waals surface area contributed by atoms with E-state index < -0.39 is 11.9 Å². The van der Waals surface area contributed by atoms with Crippen LogP contribution in [0.15, 0.2) is 36.4 Å². The van der Waals surface area contributed by atoms with Crippen molar-refractivity contribution in [2.75, 3.05) is 7.11 Å². The molecule has 1 fully saturated rings. The van der Waals surface area contributed by atoms with Gasteiger partial charge in [0.25, 0.3) is 5.91 Å². The molecule has 0 saturated carbocycles. The summed E-state index contributed by atoms with van der Waals surface area (Å²) in [6.07, 6.45) is 1.68. The number of rotatable bonds is 7. The molecule has 2 aromatic carbocycles. The molecular weight excluding hydrogens is 432 g/mol. The number of ether oxygens (including phenoxy) is 1. The van der Waals surface area contributed by atoms with Gasteiger partial charge in [0.2, 0.25) is 11.8 Å². The van der Waals surface area contributed by atoms with Crippen LogP contribution in [0.5, 0.6) is 5.75 Å². The molecule has 1 unspecified atom stereocenters. The molecule has 0 aromatic heterocycles. The van der Waals surface area contributed by atoms with Gasteiger partial charge >= 0.3 is 0 Å². The Hall–Kier alpha value is -3.19. The highest BCUT2D eigenvalue weighted by Gasteiger charge is 2.39. The molecule has 8 heteroatoms. The fourth-order valence-corrected chi connectivity index (χ4v) is 4.45. The summed E-state index contributed by atoms with van der Waals surface area (Å²) in [5.41, 5.74) is 3.10. The first kappa shape index (κ1) is 22.0. The molecule has 3 amide bonds. The fourth-order valence-electron chi connectivity index (χ4n) is 4.25. The fraction of sp³-hybridized carbons (Fsp3) is 0.333. The van der Waals surface area contributed by atoms with Crippen molar-refractivity contribution in [1.29, 1.82) is 0 Å². The summed E-state index contributed by atoms with van der Waals surface area (Å²) >= 11 is 6.04. The number of imide groups is 1. The number of aryl methyl sites for hydroxylation is 1. The van der Waals surface area contributed by atoms with Gasteiger partial charge in [0.1, 0.15) is 17.6 Å². The van der Waals surface area contributed by atoms with Crippen LogP contribution >= 0.6 is 11.6 Å². The first-order chi connectivity index (χ1) is 15.4. The second kappa shape index (κ2) is 9.12. The third-order valence-electron chi connectivity index (χ3n) is 5.91. The van der Waals surface area contributed by atoms with Crippen LogP contribution in [0.2, 0.25) is 5.02 Å². The number of halogens is 1. The first-order valence-corrected chi connectivity index (χ1v) is 10.8. The maximum atomic E-state index is 12.8. The van der Waals surface area contributed by atoms with Crippen molar-refractivity contribution in [1.82, 2.24) is 10.2 Å². The molecule has 2 aromatic rings. The van der Waals surface area contributed by atoms with E-state index >= 15 is 0 Å². The Labute approximate surface area is 190 Å². The Morgan fingerprint density at radius 3 is 2.75 bits per heavy atom. The van der Waals surface area contributed by atoms with Crippen molar-refractivity contribution in [3.63, 3.8) is 0 Å². The molecule has 0 bridgehead atoms. The minimum Gasteiger partial charge on any atom is -0.496 e. The van der Waals surface area contributed by atoms with Crippen molar-refractivity contribution in [3.05, 3.63) is 63.7 Å². The molecule has 1 N–H and O–H groups in total. The van der Waals surface area contributed by atoms with Gasteiger partial charge in [-0.3, -0.25) is 24.5 Å². The quantitative estimate of drug-likeness (QED) is 0.649. The third-order valence-corrected chi connectivity index (χ3v) is 6.15. The number of fused-ring (bicyclic) bond motifs is 1. The second-order valence-corrected chi connectivity index (χ2v) is 8.50. The van der Waals surface area contributed by atoms with Crippen molar-refractivity contribution < 1.29 is 23.9 Å². The van der Waals surface area contributed by atoms with Gasteiger partial charge in [0.05, 0.1) is 7.11 Å². The number of nitrogens with one attached hydrogen (secondary N) is 1. The summed E-state index contributed by atoms with van der Waals surface area (Å²) in [7, 11) is 1.56. The highest BCUT2D eigenvalue weighted by molar-refractivity contribution is 6.30. The standard InChI is InChI=1S/C24H23ClN2O5/c1-32-21-8-4-17(25)11-15(21)12-18(28)5-2-14-3-6-19-16(10-14)13-27(24(19)31)20-7-9-22(29)26-23(20)30/h3-4,6,8,10-11,20H,2,5,7,9,12-13H2,1H3,(H,26,29,30). The van der Waals surface area contributed by atoms with Crippen molar-refractivity contribution >= 4 is 35.1 Å². The molecule has 32 heavy (non-hydrogen) atoms. The topological polar surface area (TPSA) is 92.8 Å². The number of ketones is 1. The monoisotopic (exact) mass is 454 g/mol. The lowest BCUT2D eigenvalue weighted by molar-refractivity contribution is -0.137. The van der Waals surface area contributed by atoms with Crippen molar-refractivity contribution in [2.24, 2.45) is 0 Å². The van der Waals surface area contributed by atoms with E-state index in [1.807, 2.05) is 12.1 Å². The Morgan fingerprint density at radius 2 is 2.00 bits per heavy atom. The zero-order chi connectivity index (χ0) is 22.8. The highest BCUT2D eigenvalue weighted by Crippen LogP contribution is 2.29. The van der Waals surface area contributed by atoms with Gasteiger partial charge in [-0.15, -0.1) is 0 Å². The minimum absolute atomic E-state index is 0.0623. The molecule has 166 valence electrons. The molecule has 0 spiro atoms. The van der Waals surface area contributed by atoms with E-state index in [1.165, 1.54) is 4.90 Å². The Kier molecular flexibility index (Phi) is 6.28. The van der Waals surface area contributed by atoms with Crippen LogP contribution in [0.25, 0.3) is 0 Å². The average Bonchev–Trinajstić information content (AvgIpc) is 3.08. The van der Waals surface area contributed by atoms with E-state index in [1.54, 1.807) is 31.4 Å². The summed E-state index contributed by atoms with van der Waals surface area (Å²) in [6, 6.07) is 10.1. The van der Waals surface area contributed by atoms with Gasteiger partial charge in [-0.1, -0.05) is 23.7 Å². The first-order valence-electron chi connectivity index (χ1n) is 10.5. The number of amides is 3. The van der Waals surface area contributed by atoms with Crippen LogP contribution in [0.1, 0.15) is 46.3 Å². The number of Topliss-reactive ketones (excluding diaryl/α,β-unsaturated/α-hetero) is 1. The third kappa shape index (κ3) is 4.53. The maximum absolute atomic E-state index is 12.8. The lowest BCUT2D eigenvalue weighted by atomic mass is 9.99. The van der Waals surface area contributed by atoms with Crippen molar-refractivity contribution in [3.8, 4) is 5.75 Å². The van der Waals surface area contributed by atoms with Gasteiger partial charge in [-0.05, 0) is 48.2 Å². The molecule has 0 aliphatic carbocycles. The summed E-state index contributed by atoms with van der Waals surface area (Å²) in [5.74, 6) is -0.243. The van der Waals surface area contributed by atoms with Crippen molar-refractivity contribution in [2.45, 2.75) is 44.7 Å². The maximum Gasteiger partial charge on any atom is 0.255 e. The molecule has 4 rings (SSSR count). The Morgan fingerprint density at radius 1 is 1.19 bits per heavy atom. The molecule has 0 radical (unpaired) electrons. The van der Waals surface area contributed by atoms with E-state index in [-0.39, 0.29) is 30.4 Å². The molecule has 2 heterocycles. The van der Waals surface area contributed by atoms with Crippen LogP contribution in [-0.4, -0.2) is 41.6 Å².